The Morgan fingerprint density at radius 1 is 1.24 bits per heavy atom. The van der Waals surface area contributed by atoms with Crippen LogP contribution in [-0.4, -0.2) is 41.9 Å². The number of carbonyl (C=O) groups excluding carboxylic acids is 1. The molecule has 1 aromatic rings. The highest BCUT2D eigenvalue weighted by molar-refractivity contribution is 5.73. The van der Waals surface area contributed by atoms with Crippen molar-refractivity contribution in [3.05, 3.63) is 35.4 Å². The highest BCUT2D eigenvalue weighted by Gasteiger charge is 2.18. The number of nitrogens with zero attached hydrogens (tertiary/aromatic N) is 2. The van der Waals surface area contributed by atoms with Gasteiger partial charge in [0.25, 0.3) is 0 Å². The third-order valence-electron chi connectivity index (χ3n) is 3.31. The van der Waals surface area contributed by atoms with Gasteiger partial charge in [0.2, 0.25) is 5.91 Å². The van der Waals surface area contributed by atoms with E-state index in [4.69, 9.17) is 0 Å². The van der Waals surface area contributed by atoms with E-state index in [0.29, 0.717) is 0 Å². The second kappa shape index (κ2) is 5.32. The van der Waals surface area contributed by atoms with Gasteiger partial charge in [0.1, 0.15) is 0 Å². The van der Waals surface area contributed by atoms with Crippen molar-refractivity contribution in [1.29, 1.82) is 0 Å². The van der Waals surface area contributed by atoms with E-state index in [9.17, 15) is 4.79 Å². The van der Waals surface area contributed by atoms with Crippen LogP contribution >= 0.6 is 0 Å². The summed E-state index contributed by atoms with van der Waals surface area (Å²) < 4.78 is 0. The molecule has 0 radical (unpaired) electrons. The summed E-state index contributed by atoms with van der Waals surface area (Å²) in [6, 6.07) is 8.63. The van der Waals surface area contributed by atoms with Crippen LogP contribution in [0.3, 0.4) is 0 Å². The number of hydrogen-bond acceptors (Lipinski definition) is 2. The van der Waals surface area contributed by atoms with Gasteiger partial charge in [0.15, 0.2) is 0 Å². The fraction of sp³-hybridized carbons (Fsp3) is 0.500. The van der Waals surface area contributed by atoms with Gasteiger partial charge in [-0.2, -0.15) is 0 Å². The fourth-order valence-electron chi connectivity index (χ4n) is 2.29. The lowest BCUT2D eigenvalue weighted by atomic mass is 10.1. The summed E-state index contributed by atoms with van der Waals surface area (Å²) in [5.41, 5.74) is 2.67. The number of hydrogen-bond donors (Lipinski definition) is 0. The highest BCUT2D eigenvalue weighted by atomic mass is 16.2. The molecule has 0 aromatic heterocycles. The van der Waals surface area contributed by atoms with Gasteiger partial charge in [-0.25, -0.2) is 0 Å². The molecule has 0 spiro atoms. The normalized spacial score (nSPS) is 17.2. The fourth-order valence-corrected chi connectivity index (χ4v) is 2.29. The minimum Gasteiger partial charge on any atom is -0.340 e. The largest absolute Gasteiger partial charge is 0.340 e. The molecule has 1 aromatic carbocycles. The molecule has 1 heterocycles. The number of benzene rings is 1. The molecule has 0 aliphatic carbocycles. The molecular weight excluding hydrogens is 212 g/mol. The first-order chi connectivity index (χ1) is 8.15. The topological polar surface area (TPSA) is 23.6 Å². The summed E-state index contributed by atoms with van der Waals surface area (Å²) in [7, 11) is 0. The summed E-state index contributed by atoms with van der Waals surface area (Å²) in [5.74, 6) is 0.195. The Labute approximate surface area is 103 Å². The Bertz CT molecular complexity index is 395. The number of amides is 1. The molecule has 0 bridgehead atoms. The van der Waals surface area contributed by atoms with Gasteiger partial charge in [-0.3, -0.25) is 9.69 Å². The van der Waals surface area contributed by atoms with Crippen LogP contribution < -0.4 is 0 Å². The molecule has 17 heavy (non-hydrogen) atoms. The van der Waals surface area contributed by atoms with Crippen molar-refractivity contribution in [3.8, 4) is 0 Å². The Morgan fingerprint density at radius 3 is 2.53 bits per heavy atom. The van der Waals surface area contributed by atoms with Crippen LogP contribution in [0.5, 0.6) is 0 Å². The average Bonchev–Trinajstić information content (AvgIpc) is 2.29. The van der Waals surface area contributed by atoms with Gasteiger partial charge in [-0.05, 0) is 12.5 Å². The first kappa shape index (κ1) is 12.1. The van der Waals surface area contributed by atoms with Crippen molar-refractivity contribution >= 4 is 5.91 Å². The Hall–Kier alpha value is -1.35. The predicted octanol–water partition coefficient (Wildman–Crippen LogP) is 1.66. The number of aryl methyl sites for hydroxylation is 1. The van der Waals surface area contributed by atoms with Gasteiger partial charge < -0.3 is 4.90 Å². The summed E-state index contributed by atoms with van der Waals surface area (Å²) in [6.07, 6.45) is 0. The Morgan fingerprint density at radius 2 is 1.94 bits per heavy atom. The van der Waals surface area contributed by atoms with E-state index in [1.165, 1.54) is 11.1 Å². The number of carbonyl (C=O) groups is 1. The molecule has 0 N–H and O–H groups in total. The monoisotopic (exact) mass is 232 g/mol. The third-order valence-corrected chi connectivity index (χ3v) is 3.31. The second-order valence-electron chi connectivity index (χ2n) is 4.77. The number of piperazine rings is 1. The van der Waals surface area contributed by atoms with Crippen molar-refractivity contribution in [2.75, 3.05) is 26.2 Å². The summed E-state index contributed by atoms with van der Waals surface area (Å²) in [4.78, 5) is 15.6. The average molecular weight is 232 g/mol. The zero-order valence-corrected chi connectivity index (χ0v) is 10.6. The van der Waals surface area contributed by atoms with E-state index in [2.05, 4.69) is 36.1 Å². The first-order valence-electron chi connectivity index (χ1n) is 6.18. The molecule has 0 saturated carbocycles. The third kappa shape index (κ3) is 3.30. The minimum atomic E-state index is 0.195. The molecular formula is C14H20N2O. The van der Waals surface area contributed by atoms with E-state index in [1.54, 1.807) is 6.92 Å². The zero-order valence-electron chi connectivity index (χ0n) is 10.6. The molecule has 1 fully saturated rings. The van der Waals surface area contributed by atoms with Gasteiger partial charge in [-0.15, -0.1) is 0 Å². The van der Waals surface area contributed by atoms with E-state index in [-0.39, 0.29) is 5.91 Å². The highest BCUT2D eigenvalue weighted by Crippen LogP contribution is 2.10. The molecule has 0 atom stereocenters. The van der Waals surface area contributed by atoms with Crippen molar-refractivity contribution in [1.82, 2.24) is 9.80 Å². The van der Waals surface area contributed by atoms with Gasteiger partial charge >= 0.3 is 0 Å². The molecule has 92 valence electrons. The van der Waals surface area contributed by atoms with Crippen LogP contribution in [0.15, 0.2) is 24.3 Å². The first-order valence-corrected chi connectivity index (χ1v) is 6.18. The van der Waals surface area contributed by atoms with Crippen molar-refractivity contribution in [3.63, 3.8) is 0 Å². The van der Waals surface area contributed by atoms with Crippen LogP contribution in [0.25, 0.3) is 0 Å². The molecule has 1 aliphatic heterocycles. The molecule has 1 saturated heterocycles. The molecule has 2 rings (SSSR count). The van der Waals surface area contributed by atoms with E-state index in [0.717, 1.165) is 32.7 Å². The second-order valence-corrected chi connectivity index (χ2v) is 4.77. The van der Waals surface area contributed by atoms with Crippen molar-refractivity contribution in [2.45, 2.75) is 20.4 Å². The van der Waals surface area contributed by atoms with Crippen molar-refractivity contribution in [2.24, 2.45) is 0 Å². The smallest absolute Gasteiger partial charge is 0.219 e. The van der Waals surface area contributed by atoms with Crippen molar-refractivity contribution < 1.29 is 4.79 Å². The standard InChI is InChI=1S/C14H20N2O/c1-12-4-3-5-14(10-12)11-15-6-8-16(9-7-15)13(2)17/h3-5,10H,6-9,11H2,1-2H3. The van der Waals surface area contributed by atoms with Gasteiger partial charge in [0, 0.05) is 39.6 Å². The van der Waals surface area contributed by atoms with E-state index < -0.39 is 0 Å². The lowest BCUT2D eigenvalue weighted by Gasteiger charge is -2.34. The van der Waals surface area contributed by atoms with Crippen LogP contribution in [-0.2, 0) is 11.3 Å². The van der Waals surface area contributed by atoms with Crippen LogP contribution in [0.2, 0.25) is 0 Å². The summed E-state index contributed by atoms with van der Waals surface area (Å²) in [6.45, 7) is 8.45. The van der Waals surface area contributed by atoms with Crippen LogP contribution in [0, 0.1) is 6.92 Å². The zero-order chi connectivity index (χ0) is 12.3. The molecule has 0 unspecified atom stereocenters. The number of rotatable bonds is 2. The quantitative estimate of drug-likeness (QED) is 0.774. The predicted molar refractivity (Wildman–Crippen MR) is 68.7 cm³/mol. The van der Waals surface area contributed by atoms with E-state index in [1.807, 2.05) is 4.90 Å². The Balaban J connectivity index is 1.88. The van der Waals surface area contributed by atoms with E-state index >= 15 is 0 Å². The van der Waals surface area contributed by atoms with Gasteiger partial charge in [0.05, 0.1) is 0 Å². The molecule has 3 nitrogen and oxygen atoms in total. The SMILES string of the molecule is CC(=O)N1CCN(Cc2cccc(C)c2)CC1. The summed E-state index contributed by atoms with van der Waals surface area (Å²) >= 11 is 0. The molecule has 3 heteroatoms. The maximum absolute atomic E-state index is 11.2. The van der Waals surface area contributed by atoms with Crippen LogP contribution in [0.1, 0.15) is 18.1 Å². The van der Waals surface area contributed by atoms with Crippen LogP contribution in [0.4, 0.5) is 0 Å². The van der Waals surface area contributed by atoms with Gasteiger partial charge in [-0.1, -0.05) is 29.8 Å². The lowest BCUT2D eigenvalue weighted by molar-refractivity contribution is -0.130. The lowest BCUT2D eigenvalue weighted by Crippen LogP contribution is -2.47. The Kier molecular flexibility index (Phi) is 3.79. The molecule has 1 amide bonds. The maximum Gasteiger partial charge on any atom is 0.219 e. The minimum absolute atomic E-state index is 0.195. The summed E-state index contributed by atoms with van der Waals surface area (Å²) in [5, 5.41) is 0. The molecule has 1 aliphatic rings. The maximum atomic E-state index is 11.2.